The number of nitrogens with two attached hydrogens (primary N) is 1. The Labute approximate surface area is 121 Å². The molecule has 0 aliphatic carbocycles. The van der Waals surface area contributed by atoms with Gasteiger partial charge in [-0.15, -0.1) is 0 Å². The fraction of sp³-hybridized carbons (Fsp3) is 0.500. The molecule has 0 heterocycles. The monoisotopic (exact) mass is 303 g/mol. The summed E-state index contributed by atoms with van der Waals surface area (Å²) in [5, 5.41) is 2.63. The highest BCUT2D eigenvalue weighted by Crippen LogP contribution is 2.31. The number of hydrogen-bond donors (Lipinski definition) is 3. The molecule has 0 aromatic heterocycles. The first kappa shape index (κ1) is 17.3. The summed E-state index contributed by atoms with van der Waals surface area (Å²) in [6.45, 7) is 6.36. The van der Waals surface area contributed by atoms with Crippen molar-refractivity contribution in [1.29, 1.82) is 0 Å². The molecule has 0 aliphatic rings. The van der Waals surface area contributed by atoms with Gasteiger partial charge in [0.1, 0.15) is 0 Å². The maximum absolute atomic E-state index is 12.7. The molecule has 0 fully saturated rings. The quantitative estimate of drug-likeness (QED) is 0.578. The molecule has 1 aromatic carbocycles. The first-order valence-electron chi connectivity index (χ1n) is 6.62. The minimum Gasteiger partial charge on any atom is -0.352 e. The number of hydrogen-bond acceptors (Lipinski definition) is 3. The SMILES string of the molecule is CC(C)C(C)CNC(=O)c1cc(C(F)(F)F)ccc1NN. The minimum absolute atomic E-state index is 0.122. The molecule has 21 heavy (non-hydrogen) atoms. The van der Waals surface area contributed by atoms with Crippen LogP contribution in [0.3, 0.4) is 0 Å². The van der Waals surface area contributed by atoms with Gasteiger partial charge in [0.25, 0.3) is 5.91 Å². The maximum Gasteiger partial charge on any atom is 0.416 e. The minimum atomic E-state index is -4.51. The number of nitrogen functional groups attached to an aromatic ring is 1. The van der Waals surface area contributed by atoms with Crippen molar-refractivity contribution in [2.24, 2.45) is 17.7 Å². The van der Waals surface area contributed by atoms with E-state index in [2.05, 4.69) is 10.7 Å². The summed E-state index contributed by atoms with van der Waals surface area (Å²) < 4.78 is 38.1. The molecule has 0 spiro atoms. The second kappa shape index (κ2) is 6.80. The molecule has 0 aliphatic heterocycles. The number of anilines is 1. The Morgan fingerprint density at radius 3 is 2.38 bits per heavy atom. The van der Waals surface area contributed by atoms with Crippen LogP contribution in [-0.2, 0) is 6.18 Å². The fourth-order valence-corrected chi connectivity index (χ4v) is 1.62. The summed E-state index contributed by atoms with van der Waals surface area (Å²) in [7, 11) is 0. The summed E-state index contributed by atoms with van der Waals surface area (Å²) in [6.07, 6.45) is -4.51. The number of nitrogens with one attached hydrogen (secondary N) is 2. The van der Waals surface area contributed by atoms with Crippen molar-refractivity contribution < 1.29 is 18.0 Å². The van der Waals surface area contributed by atoms with Gasteiger partial charge >= 0.3 is 6.18 Å². The lowest BCUT2D eigenvalue weighted by Crippen LogP contribution is -2.31. The second-order valence-electron chi connectivity index (χ2n) is 5.33. The van der Waals surface area contributed by atoms with Crippen molar-refractivity contribution in [3.05, 3.63) is 29.3 Å². The zero-order chi connectivity index (χ0) is 16.2. The molecule has 0 radical (unpaired) electrons. The van der Waals surface area contributed by atoms with Gasteiger partial charge in [0, 0.05) is 6.54 Å². The molecular weight excluding hydrogens is 283 g/mol. The highest BCUT2D eigenvalue weighted by atomic mass is 19.4. The van der Waals surface area contributed by atoms with Crippen LogP contribution in [0.25, 0.3) is 0 Å². The Bertz CT molecular complexity index is 501. The van der Waals surface area contributed by atoms with E-state index in [9.17, 15) is 18.0 Å². The van der Waals surface area contributed by atoms with Gasteiger partial charge in [-0.05, 0) is 30.0 Å². The molecule has 4 nitrogen and oxygen atoms in total. The van der Waals surface area contributed by atoms with Crippen LogP contribution in [0.4, 0.5) is 18.9 Å². The molecule has 7 heteroatoms. The van der Waals surface area contributed by atoms with Crippen molar-refractivity contribution in [3.8, 4) is 0 Å². The maximum atomic E-state index is 12.7. The van der Waals surface area contributed by atoms with E-state index in [1.165, 1.54) is 0 Å². The predicted octanol–water partition coefficient (Wildman–Crippen LogP) is 3.01. The van der Waals surface area contributed by atoms with Crippen LogP contribution >= 0.6 is 0 Å². The first-order valence-corrected chi connectivity index (χ1v) is 6.62. The van der Waals surface area contributed by atoms with E-state index in [4.69, 9.17) is 5.84 Å². The number of benzene rings is 1. The van der Waals surface area contributed by atoms with Crippen LogP contribution < -0.4 is 16.6 Å². The number of halogens is 3. The van der Waals surface area contributed by atoms with E-state index >= 15 is 0 Å². The molecule has 0 saturated carbocycles. The topological polar surface area (TPSA) is 67.2 Å². The zero-order valence-electron chi connectivity index (χ0n) is 12.2. The third kappa shape index (κ3) is 4.63. The smallest absolute Gasteiger partial charge is 0.352 e. The Morgan fingerprint density at radius 2 is 1.90 bits per heavy atom. The highest BCUT2D eigenvalue weighted by molar-refractivity contribution is 5.99. The summed E-state index contributed by atoms with van der Waals surface area (Å²) >= 11 is 0. The largest absolute Gasteiger partial charge is 0.416 e. The molecule has 0 saturated heterocycles. The highest BCUT2D eigenvalue weighted by Gasteiger charge is 2.31. The van der Waals surface area contributed by atoms with Crippen molar-refractivity contribution in [3.63, 3.8) is 0 Å². The number of hydrazine groups is 1. The van der Waals surface area contributed by atoms with E-state index < -0.39 is 17.6 Å². The van der Waals surface area contributed by atoms with Gasteiger partial charge in [-0.1, -0.05) is 20.8 Å². The first-order chi connectivity index (χ1) is 9.66. The second-order valence-corrected chi connectivity index (χ2v) is 5.33. The molecule has 1 aromatic rings. The average molecular weight is 303 g/mol. The zero-order valence-corrected chi connectivity index (χ0v) is 12.2. The van der Waals surface area contributed by atoms with Crippen molar-refractivity contribution in [1.82, 2.24) is 5.32 Å². The van der Waals surface area contributed by atoms with Crippen LogP contribution in [0.1, 0.15) is 36.7 Å². The van der Waals surface area contributed by atoms with Gasteiger partial charge in [-0.25, -0.2) is 0 Å². The van der Waals surface area contributed by atoms with Crippen LogP contribution in [0, 0.1) is 11.8 Å². The summed E-state index contributed by atoms with van der Waals surface area (Å²) in [4.78, 5) is 12.1. The summed E-state index contributed by atoms with van der Waals surface area (Å²) in [5.41, 5.74) is 1.38. The molecule has 118 valence electrons. The normalized spacial score (nSPS) is 13.1. The van der Waals surface area contributed by atoms with Crippen LogP contribution in [0.15, 0.2) is 18.2 Å². The van der Waals surface area contributed by atoms with E-state index in [1.54, 1.807) is 0 Å². The van der Waals surface area contributed by atoms with Gasteiger partial charge in [-0.2, -0.15) is 13.2 Å². The van der Waals surface area contributed by atoms with Crippen LogP contribution in [-0.4, -0.2) is 12.5 Å². The number of carbonyl (C=O) groups excluding carboxylic acids is 1. The van der Waals surface area contributed by atoms with E-state index in [0.717, 1.165) is 18.2 Å². The Kier molecular flexibility index (Phi) is 5.60. The van der Waals surface area contributed by atoms with Gasteiger partial charge in [0.05, 0.1) is 16.8 Å². The average Bonchev–Trinajstić information content (AvgIpc) is 2.42. The Morgan fingerprint density at radius 1 is 1.29 bits per heavy atom. The number of amides is 1. The van der Waals surface area contributed by atoms with Crippen LogP contribution in [0.2, 0.25) is 0 Å². The Balaban J connectivity index is 2.96. The van der Waals surface area contributed by atoms with Gasteiger partial charge < -0.3 is 10.7 Å². The molecule has 1 atom stereocenters. The van der Waals surface area contributed by atoms with Crippen molar-refractivity contribution in [2.75, 3.05) is 12.0 Å². The van der Waals surface area contributed by atoms with E-state index in [1.807, 2.05) is 20.8 Å². The lowest BCUT2D eigenvalue weighted by Gasteiger charge is -2.17. The third-order valence-electron chi connectivity index (χ3n) is 3.47. The molecule has 1 amide bonds. The van der Waals surface area contributed by atoms with Crippen LogP contribution in [0.5, 0.6) is 0 Å². The van der Waals surface area contributed by atoms with E-state index in [0.29, 0.717) is 12.5 Å². The van der Waals surface area contributed by atoms with Gasteiger partial charge in [-0.3, -0.25) is 10.6 Å². The van der Waals surface area contributed by atoms with Crippen molar-refractivity contribution >= 4 is 11.6 Å². The van der Waals surface area contributed by atoms with Gasteiger partial charge in [0.15, 0.2) is 0 Å². The molecular formula is C14H20F3N3O. The number of carbonyl (C=O) groups is 1. The number of rotatable bonds is 5. The molecule has 1 rings (SSSR count). The summed E-state index contributed by atoms with van der Waals surface area (Å²) in [6, 6.07) is 2.82. The molecule has 4 N–H and O–H groups in total. The summed E-state index contributed by atoms with van der Waals surface area (Å²) in [5.74, 6) is 5.24. The van der Waals surface area contributed by atoms with E-state index in [-0.39, 0.29) is 17.2 Å². The van der Waals surface area contributed by atoms with Crippen molar-refractivity contribution in [2.45, 2.75) is 26.9 Å². The number of alkyl halides is 3. The van der Waals surface area contributed by atoms with Gasteiger partial charge in [0.2, 0.25) is 0 Å². The fourth-order valence-electron chi connectivity index (χ4n) is 1.62. The third-order valence-corrected chi connectivity index (χ3v) is 3.47. The predicted molar refractivity (Wildman–Crippen MR) is 75.6 cm³/mol. The molecule has 0 bridgehead atoms. The standard InChI is InChI=1S/C14H20F3N3O/c1-8(2)9(3)7-19-13(21)11-6-10(14(15,16)17)4-5-12(11)20-18/h4-6,8-9,20H,7,18H2,1-3H3,(H,19,21). The lowest BCUT2D eigenvalue weighted by molar-refractivity contribution is -0.137. The molecule has 1 unspecified atom stereocenters. The lowest BCUT2D eigenvalue weighted by atomic mass is 9.98. The Hall–Kier alpha value is -1.76.